The molecule has 90 valence electrons. The Bertz CT molecular complexity index is 527. The predicted octanol–water partition coefficient (Wildman–Crippen LogP) is 1.31. The molecule has 2 atom stereocenters. The van der Waals surface area contributed by atoms with Crippen LogP contribution < -0.4 is 5.73 Å². The van der Waals surface area contributed by atoms with Crippen LogP contribution in [0.2, 0.25) is 0 Å². The van der Waals surface area contributed by atoms with E-state index in [-0.39, 0.29) is 0 Å². The van der Waals surface area contributed by atoms with Crippen LogP contribution in [0.3, 0.4) is 0 Å². The van der Waals surface area contributed by atoms with Gasteiger partial charge in [-0.1, -0.05) is 18.2 Å². The number of hydroxylamine groups is 2. The monoisotopic (exact) mass is 252 g/mol. The van der Waals surface area contributed by atoms with Gasteiger partial charge in [0.05, 0.1) is 21.7 Å². The zero-order chi connectivity index (χ0) is 12.6. The number of hydrogen-bond acceptors (Lipinski definition) is 3. The molecule has 2 rings (SSSR count). The molecule has 1 aromatic carbocycles. The molecule has 0 saturated carbocycles. The summed E-state index contributed by atoms with van der Waals surface area (Å²) in [5, 5.41) is 9.82. The minimum atomic E-state index is -1.35. The molecule has 3 N–H and O–H groups in total. The second kappa shape index (κ2) is 4.31. The van der Waals surface area contributed by atoms with Crippen molar-refractivity contribution in [3.8, 4) is 0 Å². The maximum atomic E-state index is 12.1. The highest BCUT2D eigenvalue weighted by Gasteiger charge is 2.29. The number of rotatable bonds is 2. The van der Waals surface area contributed by atoms with Crippen molar-refractivity contribution < 1.29 is 14.2 Å². The van der Waals surface area contributed by atoms with Gasteiger partial charge in [-0.05, 0) is 24.6 Å². The van der Waals surface area contributed by atoms with Crippen molar-refractivity contribution in [1.29, 1.82) is 0 Å². The summed E-state index contributed by atoms with van der Waals surface area (Å²) in [5.74, 6) is 0. The van der Waals surface area contributed by atoms with Crippen LogP contribution in [-0.4, -0.2) is 26.6 Å². The highest BCUT2D eigenvalue weighted by molar-refractivity contribution is 7.89. The first-order chi connectivity index (χ1) is 8.02. The van der Waals surface area contributed by atoms with Crippen molar-refractivity contribution in [3.63, 3.8) is 0 Å². The standard InChI is InChI=1S/C11H12N2O3S/c1-7(13(15)11(12)14)10-6-8-4-2-3-5-9(8)17(10)16/h2-7,15H,1H3,(H2,12,14)/t7-,17?/m0/s1. The van der Waals surface area contributed by atoms with Crippen LogP contribution in [0.1, 0.15) is 12.5 Å². The summed E-state index contributed by atoms with van der Waals surface area (Å²) in [6.45, 7) is 1.57. The molecule has 1 heterocycles. The maximum Gasteiger partial charge on any atom is 0.339 e. The second-order valence-electron chi connectivity index (χ2n) is 3.71. The van der Waals surface area contributed by atoms with E-state index in [1.54, 1.807) is 25.1 Å². The normalized spacial score (nSPS) is 19.4. The Morgan fingerprint density at radius 3 is 2.71 bits per heavy atom. The van der Waals surface area contributed by atoms with Crippen molar-refractivity contribution in [1.82, 2.24) is 5.06 Å². The van der Waals surface area contributed by atoms with Gasteiger partial charge in [0.1, 0.15) is 0 Å². The quantitative estimate of drug-likeness (QED) is 0.614. The topological polar surface area (TPSA) is 83.6 Å². The molecule has 0 spiro atoms. The van der Waals surface area contributed by atoms with Crippen LogP contribution in [0.5, 0.6) is 0 Å². The van der Waals surface area contributed by atoms with E-state index in [1.807, 2.05) is 12.1 Å². The SMILES string of the molecule is C[C@@H](C1=Cc2ccccc2S1=O)N(O)C(N)=O. The Morgan fingerprint density at radius 1 is 1.47 bits per heavy atom. The van der Waals surface area contributed by atoms with Crippen molar-refractivity contribution in [2.45, 2.75) is 17.9 Å². The number of carbonyl (C=O) groups is 1. The van der Waals surface area contributed by atoms with Gasteiger partial charge in [-0.15, -0.1) is 0 Å². The van der Waals surface area contributed by atoms with E-state index in [2.05, 4.69) is 0 Å². The number of urea groups is 1. The van der Waals surface area contributed by atoms with Crippen LogP contribution in [0, 0.1) is 0 Å². The van der Waals surface area contributed by atoms with Crippen LogP contribution in [0.25, 0.3) is 6.08 Å². The molecular weight excluding hydrogens is 240 g/mol. The molecular formula is C11H12N2O3S. The van der Waals surface area contributed by atoms with Crippen LogP contribution >= 0.6 is 0 Å². The van der Waals surface area contributed by atoms with E-state index in [0.717, 1.165) is 5.56 Å². The van der Waals surface area contributed by atoms with Gasteiger partial charge in [0.25, 0.3) is 0 Å². The summed E-state index contributed by atoms with van der Waals surface area (Å²) in [7, 11) is -1.35. The fraction of sp³-hybridized carbons (Fsp3) is 0.182. The lowest BCUT2D eigenvalue weighted by Gasteiger charge is -2.20. The molecule has 1 aliphatic rings. The summed E-state index contributed by atoms with van der Waals surface area (Å²) < 4.78 is 12.1. The third-order valence-electron chi connectivity index (χ3n) is 2.63. The van der Waals surface area contributed by atoms with E-state index in [9.17, 15) is 14.2 Å². The van der Waals surface area contributed by atoms with E-state index < -0.39 is 22.9 Å². The van der Waals surface area contributed by atoms with E-state index in [4.69, 9.17) is 5.73 Å². The number of amides is 2. The molecule has 0 radical (unpaired) electrons. The Hall–Kier alpha value is -1.66. The molecule has 0 aromatic heterocycles. The zero-order valence-electron chi connectivity index (χ0n) is 9.16. The van der Waals surface area contributed by atoms with Crippen LogP contribution in [-0.2, 0) is 10.8 Å². The summed E-state index contributed by atoms with van der Waals surface area (Å²) in [5.41, 5.74) is 5.80. The second-order valence-corrected chi connectivity index (χ2v) is 5.16. The molecule has 0 aliphatic carbocycles. The van der Waals surface area contributed by atoms with Gasteiger partial charge in [0.15, 0.2) is 0 Å². The molecule has 2 amide bonds. The number of carbonyl (C=O) groups excluding carboxylic acids is 1. The summed E-state index contributed by atoms with van der Waals surface area (Å²) >= 11 is 0. The lowest BCUT2D eigenvalue weighted by atomic mass is 10.2. The molecule has 0 saturated heterocycles. The molecule has 5 nitrogen and oxygen atoms in total. The van der Waals surface area contributed by atoms with Crippen molar-refractivity contribution >= 4 is 22.9 Å². The number of primary amides is 1. The largest absolute Gasteiger partial charge is 0.350 e. The first-order valence-corrected chi connectivity index (χ1v) is 6.17. The molecule has 0 bridgehead atoms. The summed E-state index contributed by atoms with van der Waals surface area (Å²) in [6, 6.07) is 5.55. The number of benzene rings is 1. The minimum Gasteiger partial charge on any atom is -0.350 e. The van der Waals surface area contributed by atoms with Crippen LogP contribution in [0.4, 0.5) is 4.79 Å². The highest BCUT2D eigenvalue weighted by atomic mass is 32.2. The lowest BCUT2D eigenvalue weighted by Crippen LogP contribution is -2.40. The number of hydrogen-bond donors (Lipinski definition) is 2. The molecule has 6 heteroatoms. The van der Waals surface area contributed by atoms with Crippen molar-refractivity contribution in [3.05, 3.63) is 34.7 Å². The number of nitrogens with two attached hydrogens (primary N) is 1. The molecule has 0 fully saturated rings. The summed E-state index contributed by atoms with van der Waals surface area (Å²) in [4.78, 5) is 12.0. The van der Waals surface area contributed by atoms with Gasteiger partial charge < -0.3 is 5.73 Å². The van der Waals surface area contributed by atoms with Gasteiger partial charge in [0, 0.05) is 4.91 Å². The van der Waals surface area contributed by atoms with Gasteiger partial charge in [-0.2, -0.15) is 5.06 Å². The molecule has 17 heavy (non-hydrogen) atoms. The Labute approximate surface area is 101 Å². The zero-order valence-corrected chi connectivity index (χ0v) is 9.98. The summed E-state index contributed by atoms with van der Waals surface area (Å²) in [6.07, 6.45) is 1.71. The average molecular weight is 252 g/mol. The minimum absolute atomic E-state index is 0.385. The number of nitrogens with zero attached hydrogens (tertiary/aromatic N) is 1. The maximum absolute atomic E-state index is 12.1. The Morgan fingerprint density at radius 2 is 2.12 bits per heavy atom. The fourth-order valence-electron chi connectivity index (χ4n) is 1.69. The van der Waals surface area contributed by atoms with Gasteiger partial charge in [-0.3, -0.25) is 5.21 Å². The van der Waals surface area contributed by atoms with Gasteiger partial charge in [-0.25, -0.2) is 9.00 Å². The lowest BCUT2D eigenvalue weighted by molar-refractivity contribution is -0.0570. The van der Waals surface area contributed by atoms with E-state index in [1.165, 1.54) is 0 Å². The highest BCUT2D eigenvalue weighted by Crippen LogP contribution is 2.32. The van der Waals surface area contributed by atoms with Gasteiger partial charge >= 0.3 is 6.03 Å². The first-order valence-electron chi connectivity index (χ1n) is 5.02. The predicted molar refractivity (Wildman–Crippen MR) is 63.5 cm³/mol. The average Bonchev–Trinajstić information content (AvgIpc) is 2.65. The van der Waals surface area contributed by atoms with Crippen LogP contribution in [0.15, 0.2) is 34.1 Å². The molecule has 1 unspecified atom stereocenters. The van der Waals surface area contributed by atoms with Gasteiger partial charge in [0.2, 0.25) is 0 Å². The van der Waals surface area contributed by atoms with E-state index >= 15 is 0 Å². The third-order valence-corrected chi connectivity index (χ3v) is 4.29. The van der Waals surface area contributed by atoms with E-state index in [0.29, 0.717) is 14.9 Å². The fourth-order valence-corrected chi connectivity index (χ4v) is 3.13. The number of fused-ring (bicyclic) bond motifs is 1. The Kier molecular flexibility index (Phi) is 2.99. The smallest absolute Gasteiger partial charge is 0.339 e. The molecule has 1 aliphatic heterocycles. The Balaban J connectivity index is 2.33. The molecule has 1 aromatic rings. The first kappa shape index (κ1) is 11.8. The van der Waals surface area contributed by atoms with Crippen molar-refractivity contribution in [2.75, 3.05) is 0 Å². The van der Waals surface area contributed by atoms with Crippen molar-refractivity contribution in [2.24, 2.45) is 5.73 Å². The third kappa shape index (κ3) is 1.96.